The molecule has 2 aliphatic rings. The minimum absolute atomic E-state index is 0.0347. The zero-order chi connectivity index (χ0) is 23.9. The predicted molar refractivity (Wildman–Crippen MR) is 125 cm³/mol. The number of carbonyl (C=O) groups is 2. The lowest BCUT2D eigenvalue weighted by atomic mass is 10.0. The number of benzene rings is 2. The molecule has 34 heavy (non-hydrogen) atoms. The Bertz CT molecular complexity index is 1470. The van der Waals surface area contributed by atoms with E-state index in [0.717, 1.165) is 11.6 Å². The number of sulfonamides is 1. The van der Waals surface area contributed by atoms with E-state index in [4.69, 9.17) is 4.74 Å². The fourth-order valence-corrected chi connectivity index (χ4v) is 5.61. The van der Waals surface area contributed by atoms with Crippen molar-refractivity contribution in [3.63, 3.8) is 0 Å². The van der Waals surface area contributed by atoms with Gasteiger partial charge in [-0.05, 0) is 48.4 Å². The lowest BCUT2D eigenvalue weighted by Gasteiger charge is -2.26. The third kappa shape index (κ3) is 4.20. The second-order valence-electron chi connectivity index (χ2n) is 8.15. The minimum atomic E-state index is -3.78. The summed E-state index contributed by atoms with van der Waals surface area (Å²) in [7, 11) is -3.78. The quantitative estimate of drug-likeness (QED) is 0.517. The Morgan fingerprint density at radius 2 is 1.79 bits per heavy atom. The summed E-state index contributed by atoms with van der Waals surface area (Å²) in [5.41, 5.74) is 2.04. The molecule has 0 spiro atoms. The van der Waals surface area contributed by atoms with Crippen LogP contribution in [0.3, 0.4) is 0 Å². The number of anilines is 2. The van der Waals surface area contributed by atoms with Gasteiger partial charge in [0.15, 0.2) is 0 Å². The van der Waals surface area contributed by atoms with E-state index in [1.165, 1.54) is 22.5 Å². The molecule has 0 aliphatic carbocycles. The molecule has 0 atom stereocenters. The first kappa shape index (κ1) is 22.3. The molecule has 0 unspecified atom stereocenters. The maximum Gasteiger partial charge on any atom is 0.256 e. The van der Waals surface area contributed by atoms with Crippen molar-refractivity contribution in [1.82, 2.24) is 9.29 Å². The van der Waals surface area contributed by atoms with Crippen molar-refractivity contribution in [2.45, 2.75) is 17.7 Å². The molecule has 2 aliphatic heterocycles. The monoisotopic (exact) mass is 482 g/mol. The van der Waals surface area contributed by atoms with Crippen molar-refractivity contribution in [2.24, 2.45) is 0 Å². The van der Waals surface area contributed by atoms with Gasteiger partial charge in [-0.1, -0.05) is 0 Å². The van der Waals surface area contributed by atoms with E-state index in [2.05, 4.69) is 15.6 Å². The molecule has 10 nitrogen and oxygen atoms in total. The number of hydrogen-bond acceptors (Lipinski definition) is 6. The first-order valence-electron chi connectivity index (χ1n) is 10.8. The van der Waals surface area contributed by atoms with Gasteiger partial charge >= 0.3 is 0 Å². The predicted octanol–water partition coefficient (Wildman–Crippen LogP) is 1.69. The summed E-state index contributed by atoms with van der Waals surface area (Å²) in [5, 5.41) is 5.88. The van der Waals surface area contributed by atoms with E-state index in [1.54, 1.807) is 18.2 Å². The number of aryl methyl sites for hydroxylation is 1. The van der Waals surface area contributed by atoms with E-state index in [0.29, 0.717) is 48.3 Å². The van der Waals surface area contributed by atoms with Gasteiger partial charge < -0.3 is 20.4 Å². The second kappa shape index (κ2) is 8.67. The summed E-state index contributed by atoms with van der Waals surface area (Å²) in [6.45, 7) is 1.13. The molecule has 0 radical (unpaired) electrons. The van der Waals surface area contributed by atoms with Crippen LogP contribution in [0.5, 0.6) is 0 Å². The lowest BCUT2D eigenvalue weighted by molar-refractivity contribution is -0.116. The number of carbonyl (C=O) groups excluding carboxylic acids is 2. The number of amides is 2. The Morgan fingerprint density at radius 3 is 2.59 bits per heavy atom. The zero-order valence-electron chi connectivity index (χ0n) is 18.1. The van der Waals surface area contributed by atoms with Crippen molar-refractivity contribution in [3.8, 4) is 0 Å². The highest BCUT2D eigenvalue weighted by atomic mass is 32.2. The van der Waals surface area contributed by atoms with Gasteiger partial charge in [-0.2, -0.15) is 4.31 Å². The Balaban J connectivity index is 1.50. The number of fused-ring (bicyclic) bond motifs is 2. The summed E-state index contributed by atoms with van der Waals surface area (Å²) in [4.78, 5) is 39.6. The molecular weight excluding hydrogens is 460 g/mol. The first-order valence-corrected chi connectivity index (χ1v) is 12.2. The van der Waals surface area contributed by atoms with E-state index in [-0.39, 0.29) is 29.5 Å². The van der Waals surface area contributed by atoms with Crippen LogP contribution >= 0.6 is 0 Å². The van der Waals surface area contributed by atoms with Crippen molar-refractivity contribution >= 4 is 44.1 Å². The van der Waals surface area contributed by atoms with Crippen molar-refractivity contribution < 1.29 is 22.7 Å². The summed E-state index contributed by atoms with van der Waals surface area (Å²) in [6, 6.07) is 10.6. The molecule has 1 aromatic heterocycles. The van der Waals surface area contributed by atoms with Crippen LogP contribution in [-0.2, 0) is 26.0 Å². The highest BCUT2D eigenvalue weighted by molar-refractivity contribution is 7.89. The van der Waals surface area contributed by atoms with Gasteiger partial charge in [-0.3, -0.25) is 14.4 Å². The molecule has 176 valence electrons. The number of nitrogens with zero attached hydrogens (tertiary/aromatic N) is 1. The van der Waals surface area contributed by atoms with Crippen LogP contribution in [0.2, 0.25) is 0 Å². The van der Waals surface area contributed by atoms with Gasteiger partial charge in [-0.15, -0.1) is 0 Å². The first-order chi connectivity index (χ1) is 16.3. The lowest BCUT2D eigenvalue weighted by Crippen LogP contribution is -2.40. The molecule has 0 bridgehead atoms. The summed E-state index contributed by atoms with van der Waals surface area (Å²) < 4.78 is 32.8. The number of pyridine rings is 1. The van der Waals surface area contributed by atoms with Crippen molar-refractivity contribution in [2.75, 3.05) is 36.9 Å². The second-order valence-corrected chi connectivity index (χ2v) is 10.1. The number of nitrogens with one attached hydrogen (secondary N) is 3. The van der Waals surface area contributed by atoms with E-state index >= 15 is 0 Å². The molecule has 2 aromatic carbocycles. The molecule has 1 fully saturated rings. The van der Waals surface area contributed by atoms with Gasteiger partial charge in [0.1, 0.15) is 0 Å². The number of ether oxygens (including phenoxy) is 1. The minimum Gasteiger partial charge on any atom is -0.379 e. The standard InChI is InChI=1S/C23H22N4O6S/c28-21-6-1-14-11-15(2-4-19(14)25-21)24-23(30)18-13-22(29)26-20-5-3-16(12-17(18)20)34(31,32)27-7-9-33-10-8-27/h2-5,11-13H,1,6-10H2,(H,24,30)(H,25,28)(H,26,29). The summed E-state index contributed by atoms with van der Waals surface area (Å²) in [5.74, 6) is -0.598. The Hall–Kier alpha value is -3.54. The molecule has 11 heteroatoms. The molecule has 2 amide bonds. The van der Waals surface area contributed by atoms with Crippen LogP contribution in [-0.4, -0.2) is 55.8 Å². The number of H-pyrrole nitrogens is 1. The highest BCUT2D eigenvalue weighted by Crippen LogP contribution is 2.27. The third-order valence-corrected chi connectivity index (χ3v) is 7.82. The highest BCUT2D eigenvalue weighted by Gasteiger charge is 2.27. The topological polar surface area (TPSA) is 138 Å². The normalized spacial score (nSPS) is 16.6. The van der Waals surface area contributed by atoms with Crippen LogP contribution in [0, 0.1) is 0 Å². The molecule has 0 saturated carbocycles. The molecule has 3 N–H and O–H groups in total. The van der Waals surface area contributed by atoms with Crippen LogP contribution in [0.25, 0.3) is 10.9 Å². The maximum absolute atomic E-state index is 13.2. The Labute approximate surface area is 195 Å². The van der Waals surface area contributed by atoms with E-state index in [1.807, 2.05) is 0 Å². The van der Waals surface area contributed by atoms with Crippen LogP contribution in [0.15, 0.2) is 52.2 Å². The van der Waals surface area contributed by atoms with E-state index in [9.17, 15) is 22.8 Å². The fraction of sp³-hybridized carbons (Fsp3) is 0.261. The average Bonchev–Trinajstić information content (AvgIpc) is 2.83. The number of morpholine rings is 1. The van der Waals surface area contributed by atoms with Gasteiger partial charge in [0, 0.05) is 47.9 Å². The Morgan fingerprint density at radius 1 is 1.00 bits per heavy atom. The SMILES string of the molecule is O=C1CCc2cc(NC(=O)c3cc(=O)[nH]c4ccc(S(=O)(=O)N5CCOCC5)cc34)ccc2N1. The fourth-order valence-electron chi connectivity index (χ4n) is 4.18. The number of rotatable bonds is 4. The number of hydrogen-bond donors (Lipinski definition) is 3. The smallest absolute Gasteiger partial charge is 0.256 e. The van der Waals surface area contributed by atoms with Crippen LogP contribution in [0.4, 0.5) is 11.4 Å². The molecule has 1 saturated heterocycles. The molecular formula is C23H22N4O6S. The third-order valence-electron chi connectivity index (χ3n) is 5.93. The molecule has 3 heterocycles. The summed E-state index contributed by atoms with van der Waals surface area (Å²) >= 11 is 0. The number of aromatic amines is 1. The number of aromatic nitrogens is 1. The van der Waals surface area contributed by atoms with E-state index < -0.39 is 21.5 Å². The molecule has 3 aromatic rings. The maximum atomic E-state index is 13.2. The summed E-state index contributed by atoms with van der Waals surface area (Å²) in [6.07, 6.45) is 0.922. The average molecular weight is 483 g/mol. The van der Waals surface area contributed by atoms with Gasteiger partial charge in [-0.25, -0.2) is 8.42 Å². The van der Waals surface area contributed by atoms with Crippen LogP contribution < -0.4 is 16.2 Å². The largest absolute Gasteiger partial charge is 0.379 e. The van der Waals surface area contributed by atoms with Gasteiger partial charge in [0.2, 0.25) is 21.5 Å². The van der Waals surface area contributed by atoms with Crippen molar-refractivity contribution in [3.05, 3.63) is 63.9 Å². The molecule has 5 rings (SSSR count). The van der Waals surface area contributed by atoms with Gasteiger partial charge in [0.25, 0.3) is 5.91 Å². The van der Waals surface area contributed by atoms with Gasteiger partial charge in [0.05, 0.1) is 23.7 Å². The Kier molecular flexibility index (Phi) is 5.68. The van der Waals surface area contributed by atoms with Crippen molar-refractivity contribution in [1.29, 1.82) is 0 Å². The zero-order valence-corrected chi connectivity index (χ0v) is 18.9. The van der Waals surface area contributed by atoms with Crippen LogP contribution in [0.1, 0.15) is 22.3 Å².